The van der Waals surface area contributed by atoms with E-state index in [1.54, 1.807) is 47.2 Å². The summed E-state index contributed by atoms with van der Waals surface area (Å²) >= 11 is 0. The van der Waals surface area contributed by atoms with Crippen LogP contribution < -0.4 is 15.0 Å². The molecule has 4 aromatic rings. The van der Waals surface area contributed by atoms with Crippen LogP contribution in [0.3, 0.4) is 0 Å². The van der Waals surface area contributed by atoms with Crippen LogP contribution in [0.5, 0.6) is 5.75 Å². The van der Waals surface area contributed by atoms with E-state index in [0.29, 0.717) is 34.8 Å². The molecule has 2 aliphatic heterocycles. The van der Waals surface area contributed by atoms with Crippen LogP contribution >= 0.6 is 0 Å². The van der Waals surface area contributed by atoms with E-state index in [0.717, 1.165) is 11.1 Å². The highest BCUT2D eigenvalue weighted by molar-refractivity contribution is 6.71. The fourth-order valence-electron chi connectivity index (χ4n) is 7.73. The summed E-state index contributed by atoms with van der Waals surface area (Å²) in [5, 5.41) is 12.7. The molecule has 51 heavy (non-hydrogen) atoms. The summed E-state index contributed by atoms with van der Waals surface area (Å²) in [6.07, 6.45) is -0.796. The van der Waals surface area contributed by atoms with E-state index in [9.17, 15) is 24.3 Å². The molecule has 0 bridgehead atoms. The van der Waals surface area contributed by atoms with Gasteiger partial charge in [0.15, 0.2) is 13.9 Å². The molecule has 1 saturated heterocycles. The smallest absolute Gasteiger partial charge is 0.264 e. The maximum atomic E-state index is 14.9. The average molecular weight is 708 g/mol. The van der Waals surface area contributed by atoms with Crippen molar-refractivity contribution in [3.8, 4) is 5.75 Å². The second-order valence-electron chi connectivity index (χ2n) is 13.9. The summed E-state index contributed by atoms with van der Waals surface area (Å²) in [5.74, 6) is -0.618. The van der Waals surface area contributed by atoms with Gasteiger partial charge < -0.3 is 34.5 Å². The van der Waals surface area contributed by atoms with Crippen molar-refractivity contribution in [3.63, 3.8) is 0 Å². The van der Waals surface area contributed by atoms with Crippen molar-refractivity contribution < 1.29 is 33.8 Å². The van der Waals surface area contributed by atoms with Crippen LogP contribution in [-0.4, -0.2) is 67.2 Å². The molecular formula is C40H45N3O7Si. The number of benzene rings is 4. The first kappa shape index (κ1) is 36.0. The molecule has 2 heterocycles. The van der Waals surface area contributed by atoms with Crippen molar-refractivity contribution >= 4 is 37.4 Å². The highest BCUT2D eigenvalue weighted by Gasteiger charge is 2.66. The predicted octanol–water partition coefficient (Wildman–Crippen LogP) is 5.70. The van der Waals surface area contributed by atoms with E-state index in [-0.39, 0.29) is 43.8 Å². The van der Waals surface area contributed by atoms with Gasteiger partial charge in [-0.2, -0.15) is 0 Å². The Bertz CT molecular complexity index is 1870. The molecule has 1 fully saturated rings. The molecule has 266 valence electrons. The molecule has 4 atom stereocenters. The number of nitrogens with one attached hydrogen (secondary N) is 1. The van der Waals surface area contributed by atoms with Crippen LogP contribution in [0.4, 0.5) is 11.4 Å². The highest BCUT2D eigenvalue weighted by Crippen LogP contribution is 2.60. The maximum Gasteiger partial charge on any atom is 0.264 e. The van der Waals surface area contributed by atoms with Gasteiger partial charge in [-0.05, 0) is 66.7 Å². The van der Waals surface area contributed by atoms with Crippen molar-refractivity contribution in [3.05, 3.63) is 125 Å². The number of ether oxygens (including phenoxy) is 2. The zero-order valence-corrected chi connectivity index (χ0v) is 30.4. The number of carbonyl (C=O) groups excluding carboxylic acids is 3. The number of fused-ring (bicyclic) bond motifs is 2. The van der Waals surface area contributed by atoms with Gasteiger partial charge in [0, 0.05) is 41.4 Å². The molecule has 0 aliphatic carbocycles. The lowest BCUT2D eigenvalue weighted by molar-refractivity contribution is -0.150. The molecule has 3 amide bonds. The molecule has 0 radical (unpaired) electrons. The molecule has 4 aromatic carbocycles. The van der Waals surface area contributed by atoms with Gasteiger partial charge >= 0.3 is 0 Å². The minimum Gasteiger partial charge on any atom is -0.497 e. The fraction of sp³-hybridized carbons (Fsp3) is 0.325. The zero-order valence-electron chi connectivity index (χ0n) is 29.4. The minimum absolute atomic E-state index is 0.0523. The van der Waals surface area contributed by atoms with Crippen LogP contribution in [0, 0.1) is 5.92 Å². The van der Waals surface area contributed by atoms with Crippen molar-refractivity contribution in [1.82, 2.24) is 4.90 Å². The lowest BCUT2D eigenvalue weighted by Gasteiger charge is -2.32. The summed E-state index contributed by atoms with van der Waals surface area (Å²) in [7, 11) is -1.47. The molecule has 11 heteroatoms. The number of carbonyl (C=O) groups is 3. The Morgan fingerprint density at radius 3 is 2.25 bits per heavy atom. The van der Waals surface area contributed by atoms with Crippen molar-refractivity contribution in [2.45, 2.75) is 56.8 Å². The quantitative estimate of drug-likeness (QED) is 0.161. The summed E-state index contributed by atoms with van der Waals surface area (Å²) in [4.78, 5) is 56.5. The Hall–Kier alpha value is -4.81. The van der Waals surface area contributed by atoms with Crippen LogP contribution in [0.25, 0.3) is 0 Å². The van der Waals surface area contributed by atoms with Crippen LogP contribution in [0.1, 0.15) is 40.4 Å². The minimum atomic E-state index is -3.03. The number of nitrogens with zero attached hydrogens (tertiary/aromatic N) is 2. The van der Waals surface area contributed by atoms with Gasteiger partial charge in [-0.1, -0.05) is 67.6 Å². The van der Waals surface area contributed by atoms with Crippen LogP contribution in [-0.2, 0) is 33.0 Å². The first-order valence-electron chi connectivity index (χ1n) is 17.2. The molecule has 0 unspecified atom stereocenters. The fourth-order valence-corrected chi connectivity index (χ4v) is 10.3. The number of hydrogen-bond donors (Lipinski definition) is 3. The number of aliphatic hydroxyl groups is 1. The highest BCUT2D eigenvalue weighted by atomic mass is 28.4. The van der Waals surface area contributed by atoms with E-state index < -0.39 is 31.5 Å². The number of methoxy groups -OCH3 is 1. The zero-order chi connectivity index (χ0) is 36.3. The molecule has 2 aliphatic rings. The number of hydrogen-bond acceptors (Lipinski definition) is 7. The van der Waals surface area contributed by atoms with Gasteiger partial charge in [-0.15, -0.1) is 0 Å². The van der Waals surface area contributed by atoms with E-state index >= 15 is 0 Å². The summed E-state index contributed by atoms with van der Waals surface area (Å²) < 4.78 is 12.5. The first-order valence-corrected chi connectivity index (χ1v) is 20.3. The number of rotatable bonds is 12. The SMILES string of the molecule is COc1ccc2c(c1)[C@]1(O[C@@H](CC(=O)N(CCO)Cc3ccccc3)[C@H]([Si](C)(C)O)[C@H]1C)C(=O)N2Cc1ccc(NC(=O)c2ccccc2)cc1. The van der Waals surface area contributed by atoms with Gasteiger partial charge in [0.2, 0.25) is 5.91 Å². The third kappa shape index (κ3) is 7.20. The lowest BCUT2D eigenvalue weighted by atomic mass is 9.82. The standard InChI is InChI=1S/C40H45N3O7Si/c1-27-37(51(3,4)48)35(24-36(45)42(21-22-44)25-28-11-7-5-8-12-28)50-40(27)33-23-32(49-2)19-20-34(33)43(39(40)47)26-29-15-17-31(18-16-29)41-38(46)30-13-9-6-10-14-30/h5-20,23,27,35,37,44,48H,21-22,24-26H2,1-4H3,(H,41,46)/t27-,35+,37-,40+/m1/s1. The van der Waals surface area contributed by atoms with E-state index in [4.69, 9.17) is 9.47 Å². The summed E-state index contributed by atoms with van der Waals surface area (Å²) in [6, 6.07) is 31.4. The van der Waals surface area contributed by atoms with Crippen molar-refractivity contribution in [2.75, 3.05) is 30.5 Å². The predicted molar refractivity (Wildman–Crippen MR) is 198 cm³/mol. The Kier molecular flexibility index (Phi) is 10.5. The number of amides is 3. The Balaban J connectivity index is 1.29. The molecule has 10 nitrogen and oxygen atoms in total. The van der Waals surface area contributed by atoms with Gasteiger partial charge in [0.1, 0.15) is 5.75 Å². The second kappa shape index (κ2) is 14.8. The second-order valence-corrected chi connectivity index (χ2v) is 17.9. The molecule has 3 N–H and O–H groups in total. The molecule has 0 aromatic heterocycles. The lowest BCUT2D eigenvalue weighted by Crippen LogP contribution is -2.46. The molecule has 0 saturated carbocycles. The molecule has 6 rings (SSSR count). The number of aliphatic hydroxyl groups excluding tert-OH is 1. The van der Waals surface area contributed by atoms with Crippen molar-refractivity contribution in [1.29, 1.82) is 0 Å². The normalized spacial score (nSPS) is 21.1. The number of anilines is 2. The van der Waals surface area contributed by atoms with Gasteiger partial charge in [0.25, 0.3) is 11.8 Å². The molecular weight excluding hydrogens is 663 g/mol. The third-order valence-electron chi connectivity index (χ3n) is 10.1. The molecule has 1 spiro atoms. The largest absolute Gasteiger partial charge is 0.497 e. The van der Waals surface area contributed by atoms with E-state index in [1.165, 1.54) is 0 Å². The summed E-state index contributed by atoms with van der Waals surface area (Å²) in [6.45, 7) is 6.08. The van der Waals surface area contributed by atoms with Gasteiger partial charge in [0.05, 0.1) is 38.5 Å². The van der Waals surface area contributed by atoms with Gasteiger partial charge in [-0.25, -0.2) is 0 Å². The van der Waals surface area contributed by atoms with Gasteiger partial charge in [-0.3, -0.25) is 14.4 Å². The monoisotopic (exact) mass is 707 g/mol. The third-order valence-corrected chi connectivity index (χ3v) is 12.6. The first-order chi connectivity index (χ1) is 24.5. The topological polar surface area (TPSA) is 129 Å². The van der Waals surface area contributed by atoms with E-state index in [2.05, 4.69) is 5.32 Å². The summed E-state index contributed by atoms with van der Waals surface area (Å²) in [5.41, 5.74) is 2.34. The Morgan fingerprint density at radius 2 is 1.63 bits per heavy atom. The van der Waals surface area contributed by atoms with Crippen molar-refractivity contribution in [2.24, 2.45) is 5.92 Å². The van der Waals surface area contributed by atoms with E-state index in [1.807, 2.05) is 92.8 Å². The maximum absolute atomic E-state index is 14.9. The average Bonchev–Trinajstić information content (AvgIpc) is 3.55. The Labute approximate surface area is 299 Å². The Morgan fingerprint density at radius 1 is 0.961 bits per heavy atom. The van der Waals surface area contributed by atoms with Crippen LogP contribution in [0.2, 0.25) is 18.6 Å². The van der Waals surface area contributed by atoms with Crippen LogP contribution in [0.15, 0.2) is 103 Å².